The summed E-state index contributed by atoms with van der Waals surface area (Å²) >= 11 is 12.4. The number of halogens is 2. The summed E-state index contributed by atoms with van der Waals surface area (Å²) in [6, 6.07) is 8.47. The Hall–Kier alpha value is -1.29. The van der Waals surface area contributed by atoms with Gasteiger partial charge in [-0.1, -0.05) is 29.3 Å². The summed E-state index contributed by atoms with van der Waals surface area (Å²) in [6.07, 6.45) is 7.66. The molecule has 2 atom stereocenters. The smallest absolute Gasteiger partial charge is 0.0561 e. The van der Waals surface area contributed by atoms with E-state index in [1.807, 2.05) is 24.5 Å². The molecule has 0 N–H and O–H groups in total. The lowest BCUT2D eigenvalue weighted by molar-refractivity contribution is 0.298. The molecule has 0 radical (unpaired) electrons. The van der Waals surface area contributed by atoms with Gasteiger partial charge in [0.25, 0.3) is 0 Å². The van der Waals surface area contributed by atoms with E-state index in [1.54, 1.807) is 6.07 Å². The van der Waals surface area contributed by atoms with Crippen molar-refractivity contribution >= 4 is 28.9 Å². The van der Waals surface area contributed by atoms with Gasteiger partial charge in [0, 0.05) is 53.0 Å². The second-order valence-electron chi connectivity index (χ2n) is 6.68. The first-order chi connectivity index (χ1) is 11.7. The van der Waals surface area contributed by atoms with Gasteiger partial charge in [0.15, 0.2) is 0 Å². The Labute approximate surface area is 153 Å². The Morgan fingerprint density at radius 1 is 0.958 bits per heavy atom. The molecule has 2 bridgehead atoms. The van der Waals surface area contributed by atoms with Crippen LogP contribution in [0.15, 0.2) is 36.7 Å². The molecule has 2 unspecified atom stereocenters. The van der Waals surface area contributed by atoms with E-state index < -0.39 is 0 Å². The lowest BCUT2D eigenvalue weighted by Gasteiger charge is -2.33. The molecular weight excluding hydrogens is 341 g/mol. The monoisotopic (exact) mass is 361 g/mol. The predicted molar refractivity (Wildman–Crippen MR) is 101 cm³/mol. The van der Waals surface area contributed by atoms with E-state index in [2.05, 4.69) is 20.9 Å². The lowest BCUT2D eigenvalue weighted by atomic mass is 10.0. The fourth-order valence-corrected chi connectivity index (χ4v) is 4.42. The molecule has 24 heavy (non-hydrogen) atoms. The van der Waals surface area contributed by atoms with Crippen LogP contribution in [0.4, 0.5) is 5.69 Å². The van der Waals surface area contributed by atoms with Crippen LogP contribution in [0.2, 0.25) is 10.0 Å². The fourth-order valence-electron chi connectivity index (χ4n) is 3.90. The van der Waals surface area contributed by atoms with Crippen LogP contribution in [0.3, 0.4) is 0 Å². The van der Waals surface area contributed by atoms with Gasteiger partial charge in [-0.15, -0.1) is 0 Å². The number of nitrogens with zero attached hydrogens (tertiary/aromatic N) is 3. The molecular formula is C19H21Cl2N3. The number of hydrogen-bond donors (Lipinski definition) is 0. The van der Waals surface area contributed by atoms with Gasteiger partial charge in [0.05, 0.1) is 11.9 Å². The van der Waals surface area contributed by atoms with Crippen molar-refractivity contribution in [1.82, 2.24) is 9.88 Å². The molecule has 2 saturated heterocycles. The number of aromatic nitrogens is 1. The Kier molecular flexibility index (Phi) is 4.66. The minimum absolute atomic E-state index is 0.621. The zero-order valence-corrected chi connectivity index (χ0v) is 15.1. The minimum Gasteiger partial charge on any atom is -0.366 e. The molecule has 0 saturated carbocycles. The van der Waals surface area contributed by atoms with Crippen LogP contribution in [0.5, 0.6) is 0 Å². The molecule has 0 spiro atoms. The zero-order chi connectivity index (χ0) is 16.5. The molecule has 4 rings (SSSR count). The SMILES string of the molecule is Clc1ccc(-c2cncc(N3CCN4CCCC3CC4)c2)c(Cl)c1. The van der Waals surface area contributed by atoms with E-state index in [4.69, 9.17) is 23.2 Å². The molecule has 2 fully saturated rings. The quantitative estimate of drug-likeness (QED) is 0.770. The standard InChI is InChI=1S/C19H21Cl2N3/c20-15-3-4-18(19(21)11-15)14-10-17(13-22-12-14)24-9-8-23-6-1-2-16(24)5-7-23/h3-4,10-13,16H,1-2,5-9H2. The highest BCUT2D eigenvalue weighted by atomic mass is 35.5. The van der Waals surface area contributed by atoms with Gasteiger partial charge in [-0.2, -0.15) is 0 Å². The predicted octanol–water partition coefficient (Wildman–Crippen LogP) is 4.73. The third-order valence-corrected chi connectivity index (χ3v) is 5.73. The van der Waals surface area contributed by atoms with Crippen LogP contribution < -0.4 is 4.90 Å². The maximum Gasteiger partial charge on any atom is 0.0561 e. The number of rotatable bonds is 2. The molecule has 3 heterocycles. The highest BCUT2D eigenvalue weighted by Gasteiger charge is 2.27. The third kappa shape index (κ3) is 3.26. The highest BCUT2D eigenvalue weighted by Crippen LogP contribution is 2.33. The maximum atomic E-state index is 6.38. The van der Waals surface area contributed by atoms with Gasteiger partial charge in [0.1, 0.15) is 0 Å². The molecule has 3 nitrogen and oxygen atoms in total. The van der Waals surface area contributed by atoms with Gasteiger partial charge in [-0.05, 0) is 44.0 Å². The van der Waals surface area contributed by atoms with Crippen LogP contribution >= 0.6 is 23.2 Å². The van der Waals surface area contributed by atoms with E-state index in [0.29, 0.717) is 16.1 Å². The normalized spacial score (nSPS) is 23.8. The van der Waals surface area contributed by atoms with Crippen molar-refractivity contribution in [2.75, 3.05) is 31.1 Å². The van der Waals surface area contributed by atoms with Crippen LogP contribution in [-0.4, -0.2) is 42.1 Å². The molecule has 2 aromatic rings. The molecule has 1 aromatic carbocycles. The number of pyridine rings is 1. The maximum absolute atomic E-state index is 6.38. The number of benzene rings is 1. The Bertz CT molecular complexity index is 734. The zero-order valence-electron chi connectivity index (χ0n) is 13.6. The molecule has 5 heteroatoms. The Balaban J connectivity index is 1.67. The third-order valence-electron chi connectivity index (χ3n) is 5.19. The summed E-state index contributed by atoms with van der Waals surface area (Å²) in [4.78, 5) is 9.62. The van der Waals surface area contributed by atoms with E-state index in [-0.39, 0.29) is 0 Å². The molecule has 2 aliphatic rings. The van der Waals surface area contributed by atoms with Crippen molar-refractivity contribution in [1.29, 1.82) is 0 Å². The van der Waals surface area contributed by atoms with Crippen molar-refractivity contribution in [3.05, 3.63) is 46.7 Å². The summed E-state index contributed by atoms with van der Waals surface area (Å²) in [5, 5.41) is 1.32. The van der Waals surface area contributed by atoms with Crippen LogP contribution in [0, 0.1) is 0 Å². The summed E-state index contributed by atoms with van der Waals surface area (Å²) < 4.78 is 0. The van der Waals surface area contributed by atoms with E-state index in [1.165, 1.54) is 38.0 Å². The van der Waals surface area contributed by atoms with Gasteiger partial charge in [0.2, 0.25) is 0 Å². The second kappa shape index (κ2) is 6.91. The van der Waals surface area contributed by atoms with Crippen molar-refractivity contribution in [3.63, 3.8) is 0 Å². The van der Waals surface area contributed by atoms with Gasteiger partial charge in [-0.3, -0.25) is 4.98 Å². The van der Waals surface area contributed by atoms with Crippen molar-refractivity contribution < 1.29 is 0 Å². The van der Waals surface area contributed by atoms with Crippen molar-refractivity contribution in [2.45, 2.75) is 25.3 Å². The average Bonchev–Trinajstić information content (AvgIpc) is 2.91. The highest BCUT2D eigenvalue weighted by molar-refractivity contribution is 6.36. The number of anilines is 1. The molecule has 126 valence electrons. The summed E-state index contributed by atoms with van der Waals surface area (Å²) in [7, 11) is 0. The van der Waals surface area contributed by atoms with Crippen LogP contribution in [-0.2, 0) is 0 Å². The average molecular weight is 362 g/mol. The lowest BCUT2D eigenvalue weighted by Crippen LogP contribution is -2.39. The minimum atomic E-state index is 0.621. The largest absolute Gasteiger partial charge is 0.366 e. The molecule has 2 aliphatic heterocycles. The second-order valence-corrected chi connectivity index (χ2v) is 7.52. The van der Waals surface area contributed by atoms with Gasteiger partial charge < -0.3 is 9.80 Å². The van der Waals surface area contributed by atoms with Crippen LogP contribution in [0.1, 0.15) is 19.3 Å². The van der Waals surface area contributed by atoms with E-state index in [0.717, 1.165) is 24.2 Å². The van der Waals surface area contributed by atoms with E-state index in [9.17, 15) is 0 Å². The first-order valence-corrected chi connectivity index (χ1v) is 9.36. The molecule has 0 amide bonds. The molecule has 1 aromatic heterocycles. The summed E-state index contributed by atoms with van der Waals surface area (Å²) in [6.45, 7) is 4.69. The van der Waals surface area contributed by atoms with Gasteiger partial charge >= 0.3 is 0 Å². The first-order valence-electron chi connectivity index (χ1n) is 8.60. The van der Waals surface area contributed by atoms with Crippen LogP contribution in [0.25, 0.3) is 11.1 Å². The number of fused-ring (bicyclic) bond motifs is 3. The first kappa shape index (κ1) is 16.2. The van der Waals surface area contributed by atoms with E-state index >= 15 is 0 Å². The molecule has 0 aliphatic carbocycles. The fraction of sp³-hybridized carbons (Fsp3) is 0.421. The number of hydrogen-bond acceptors (Lipinski definition) is 3. The topological polar surface area (TPSA) is 19.4 Å². The Morgan fingerprint density at radius 3 is 2.75 bits per heavy atom. The van der Waals surface area contributed by atoms with Crippen molar-refractivity contribution in [3.8, 4) is 11.1 Å². The van der Waals surface area contributed by atoms with Crippen molar-refractivity contribution in [2.24, 2.45) is 0 Å². The summed E-state index contributed by atoms with van der Waals surface area (Å²) in [5.41, 5.74) is 3.23. The Morgan fingerprint density at radius 2 is 1.88 bits per heavy atom. The van der Waals surface area contributed by atoms with Gasteiger partial charge in [-0.25, -0.2) is 0 Å². The summed E-state index contributed by atoms with van der Waals surface area (Å²) in [5.74, 6) is 0.